The molecule has 1 fully saturated rings. The van der Waals surface area contributed by atoms with E-state index in [2.05, 4.69) is 45.9 Å². The SMILES string of the molecule is Cc1cc(-c2ccc(NC(=O)CC3CNCC(c4ccccc4)C3)cc2)ccn1. The lowest BCUT2D eigenvalue weighted by atomic mass is 9.84. The molecule has 29 heavy (non-hydrogen) atoms. The van der Waals surface area contributed by atoms with Crippen LogP contribution in [0.15, 0.2) is 72.9 Å². The topological polar surface area (TPSA) is 54.0 Å². The van der Waals surface area contributed by atoms with Crippen LogP contribution >= 0.6 is 0 Å². The summed E-state index contributed by atoms with van der Waals surface area (Å²) in [7, 11) is 0. The molecule has 0 aliphatic carbocycles. The van der Waals surface area contributed by atoms with E-state index >= 15 is 0 Å². The maximum atomic E-state index is 12.6. The predicted molar refractivity (Wildman–Crippen MR) is 118 cm³/mol. The Morgan fingerprint density at radius 2 is 1.83 bits per heavy atom. The van der Waals surface area contributed by atoms with E-state index in [1.807, 2.05) is 49.5 Å². The van der Waals surface area contributed by atoms with Crippen LogP contribution in [-0.4, -0.2) is 24.0 Å². The number of nitrogens with one attached hydrogen (secondary N) is 2. The molecule has 4 nitrogen and oxygen atoms in total. The third kappa shape index (κ3) is 5.09. The molecular weight excluding hydrogens is 358 g/mol. The lowest BCUT2D eigenvalue weighted by Crippen LogP contribution is -2.36. The number of aromatic nitrogens is 1. The van der Waals surface area contributed by atoms with Gasteiger partial charge in [0.15, 0.2) is 0 Å². The molecule has 0 spiro atoms. The van der Waals surface area contributed by atoms with Crippen molar-refractivity contribution >= 4 is 11.6 Å². The molecule has 2 unspecified atom stereocenters. The van der Waals surface area contributed by atoms with Gasteiger partial charge in [-0.3, -0.25) is 9.78 Å². The van der Waals surface area contributed by atoms with Crippen LogP contribution in [0.5, 0.6) is 0 Å². The van der Waals surface area contributed by atoms with E-state index in [1.165, 1.54) is 5.56 Å². The van der Waals surface area contributed by atoms with Crippen molar-refractivity contribution in [3.8, 4) is 11.1 Å². The van der Waals surface area contributed by atoms with Crippen molar-refractivity contribution in [2.24, 2.45) is 5.92 Å². The van der Waals surface area contributed by atoms with E-state index in [1.54, 1.807) is 0 Å². The average molecular weight is 386 g/mol. The van der Waals surface area contributed by atoms with Gasteiger partial charge < -0.3 is 10.6 Å². The molecule has 3 aromatic rings. The molecule has 1 aliphatic heterocycles. The van der Waals surface area contributed by atoms with E-state index in [0.29, 0.717) is 18.3 Å². The number of carbonyl (C=O) groups is 1. The van der Waals surface area contributed by atoms with Crippen LogP contribution in [0, 0.1) is 12.8 Å². The van der Waals surface area contributed by atoms with Gasteiger partial charge in [-0.15, -0.1) is 0 Å². The van der Waals surface area contributed by atoms with E-state index in [0.717, 1.165) is 42.0 Å². The summed E-state index contributed by atoms with van der Waals surface area (Å²) in [6.45, 7) is 3.87. The lowest BCUT2D eigenvalue weighted by molar-refractivity contribution is -0.117. The molecule has 1 aromatic heterocycles. The van der Waals surface area contributed by atoms with Gasteiger partial charge in [-0.1, -0.05) is 42.5 Å². The highest BCUT2D eigenvalue weighted by Gasteiger charge is 2.24. The van der Waals surface area contributed by atoms with Crippen molar-refractivity contribution in [3.05, 3.63) is 84.2 Å². The van der Waals surface area contributed by atoms with Gasteiger partial charge in [0.25, 0.3) is 0 Å². The van der Waals surface area contributed by atoms with Crippen molar-refractivity contribution in [1.82, 2.24) is 10.3 Å². The van der Waals surface area contributed by atoms with Crippen molar-refractivity contribution in [3.63, 3.8) is 0 Å². The fourth-order valence-electron chi connectivity index (χ4n) is 4.11. The maximum absolute atomic E-state index is 12.6. The number of anilines is 1. The number of nitrogens with zero attached hydrogens (tertiary/aromatic N) is 1. The lowest BCUT2D eigenvalue weighted by Gasteiger charge is -2.30. The number of piperidine rings is 1. The van der Waals surface area contributed by atoms with Gasteiger partial charge in [0.1, 0.15) is 0 Å². The summed E-state index contributed by atoms with van der Waals surface area (Å²) in [5.41, 5.74) is 5.45. The Hall–Kier alpha value is -2.98. The molecule has 2 heterocycles. The average Bonchev–Trinajstić information content (AvgIpc) is 2.75. The zero-order valence-electron chi connectivity index (χ0n) is 16.8. The highest BCUT2D eigenvalue weighted by molar-refractivity contribution is 5.91. The van der Waals surface area contributed by atoms with Crippen LogP contribution in [0.3, 0.4) is 0 Å². The van der Waals surface area contributed by atoms with Gasteiger partial charge in [0, 0.05) is 30.5 Å². The smallest absolute Gasteiger partial charge is 0.224 e. The monoisotopic (exact) mass is 385 g/mol. The Labute approximate surface area is 172 Å². The van der Waals surface area contributed by atoms with Gasteiger partial charge in [-0.2, -0.15) is 0 Å². The molecule has 1 aliphatic rings. The Kier molecular flexibility index (Phi) is 6.01. The maximum Gasteiger partial charge on any atom is 0.224 e. The molecule has 2 aromatic carbocycles. The molecule has 2 N–H and O–H groups in total. The van der Waals surface area contributed by atoms with Gasteiger partial charge in [0.2, 0.25) is 5.91 Å². The van der Waals surface area contributed by atoms with E-state index < -0.39 is 0 Å². The van der Waals surface area contributed by atoms with Gasteiger partial charge in [-0.25, -0.2) is 0 Å². The van der Waals surface area contributed by atoms with E-state index in [4.69, 9.17) is 0 Å². The molecule has 1 saturated heterocycles. The molecule has 1 amide bonds. The summed E-state index contributed by atoms with van der Waals surface area (Å²) in [4.78, 5) is 16.8. The van der Waals surface area contributed by atoms with Gasteiger partial charge in [0.05, 0.1) is 0 Å². The highest BCUT2D eigenvalue weighted by Crippen LogP contribution is 2.28. The molecule has 4 heteroatoms. The number of benzene rings is 2. The molecular formula is C25H27N3O. The number of amides is 1. The second kappa shape index (κ2) is 9.01. The minimum atomic E-state index is 0.0815. The Balaban J connectivity index is 1.33. The summed E-state index contributed by atoms with van der Waals surface area (Å²) < 4.78 is 0. The quantitative estimate of drug-likeness (QED) is 0.665. The minimum absolute atomic E-state index is 0.0815. The van der Waals surface area contributed by atoms with E-state index in [9.17, 15) is 4.79 Å². The number of rotatable bonds is 5. The number of hydrogen-bond donors (Lipinski definition) is 2. The number of aryl methyl sites for hydroxylation is 1. The summed E-state index contributed by atoms with van der Waals surface area (Å²) in [6, 6.07) is 22.7. The summed E-state index contributed by atoms with van der Waals surface area (Å²) in [5, 5.41) is 6.55. The van der Waals surface area contributed by atoms with Crippen molar-refractivity contribution in [2.45, 2.75) is 25.7 Å². The molecule has 148 valence electrons. The second-order valence-corrected chi connectivity index (χ2v) is 7.88. The third-order valence-electron chi connectivity index (χ3n) is 5.59. The molecule has 4 rings (SSSR count). The van der Waals surface area contributed by atoms with E-state index in [-0.39, 0.29) is 5.91 Å². The zero-order chi connectivity index (χ0) is 20.1. The first kappa shape index (κ1) is 19.3. The fraction of sp³-hybridized carbons (Fsp3) is 0.280. The standard InChI is InChI=1S/C25H27N3O/c1-18-13-22(11-12-27-18)21-7-9-24(10-8-21)28-25(29)15-19-14-23(17-26-16-19)20-5-3-2-4-6-20/h2-13,19,23,26H,14-17H2,1H3,(H,28,29). The first-order valence-electron chi connectivity index (χ1n) is 10.3. The van der Waals surface area contributed by atoms with Gasteiger partial charge in [-0.05, 0) is 72.7 Å². The first-order valence-corrected chi connectivity index (χ1v) is 10.3. The van der Waals surface area contributed by atoms with Crippen LogP contribution < -0.4 is 10.6 Å². The van der Waals surface area contributed by atoms with Crippen molar-refractivity contribution in [2.75, 3.05) is 18.4 Å². The van der Waals surface area contributed by atoms with Crippen LogP contribution in [0.1, 0.15) is 30.0 Å². The summed E-state index contributed by atoms with van der Waals surface area (Å²) >= 11 is 0. The van der Waals surface area contributed by atoms with Crippen LogP contribution in [0.4, 0.5) is 5.69 Å². The predicted octanol–water partition coefficient (Wildman–Crippen LogP) is 4.78. The van der Waals surface area contributed by atoms with Crippen LogP contribution in [-0.2, 0) is 4.79 Å². The highest BCUT2D eigenvalue weighted by atomic mass is 16.1. The van der Waals surface area contributed by atoms with Crippen LogP contribution in [0.2, 0.25) is 0 Å². The summed E-state index contributed by atoms with van der Waals surface area (Å²) in [5.74, 6) is 0.914. The molecule has 0 bridgehead atoms. The molecule has 0 radical (unpaired) electrons. The zero-order valence-corrected chi connectivity index (χ0v) is 16.8. The van der Waals surface area contributed by atoms with Gasteiger partial charge >= 0.3 is 0 Å². The van der Waals surface area contributed by atoms with Crippen molar-refractivity contribution < 1.29 is 4.79 Å². The molecule has 0 saturated carbocycles. The normalized spacial score (nSPS) is 18.9. The van der Waals surface area contributed by atoms with Crippen molar-refractivity contribution in [1.29, 1.82) is 0 Å². The fourth-order valence-corrected chi connectivity index (χ4v) is 4.11. The number of pyridine rings is 1. The largest absolute Gasteiger partial charge is 0.326 e. The third-order valence-corrected chi connectivity index (χ3v) is 5.59. The Morgan fingerprint density at radius 3 is 2.59 bits per heavy atom. The Bertz CT molecular complexity index is 953. The first-order chi connectivity index (χ1) is 14.2. The molecule has 2 atom stereocenters. The Morgan fingerprint density at radius 1 is 1.03 bits per heavy atom. The summed E-state index contributed by atoms with van der Waals surface area (Å²) in [6.07, 6.45) is 3.41. The second-order valence-electron chi connectivity index (χ2n) is 7.88. The minimum Gasteiger partial charge on any atom is -0.326 e. The van der Waals surface area contributed by atoms with Crippen LogP contribution in [0.25, 0.3) is 11.1 Å². The number of hydrogen-bond acceptors (Lipinski definition) is 3. The number of carbonyl (C=O) groups excluding carboxylic acids is 1.